The molecule has 1 N–H and O–H groups in total. The van der Waals surface area contributed by atoms with Crippen LogP contribution in [0.4, 0.5) is 11.4 Å². The number of nitrogens with zero attached hydrogens (tertiary/aromatic N) is 3. The van der Waals surface area contributed by atoms with Gasteiger partial charge in [0.15, 0.2) is 0 Å². The molecule has 0 spiro atoms. The second-order valence-corrected chi connectivity index (χ2v) is 6.58. The molecule has 1 aromatic heterocycles. The summed E-state index contributed by atoms with van der Waals surface area (Å²) in [6.07, 6.45) is 1.45. The van der Waals surface area contributed by atoms with Gasteiger partial charge in [-0.1, -0.05) is 23.7 Å². The average molecular weight is 401 g/mol. The van der Waals surface area contributed by atoms with Gasteiger partial charge in [-0.2, -0.15) is 5.10 Å². The normalized spacial score (nSPS) is 10.5. The molecule has 144 valence electrons. The van der Waals surface area contributed by atoms with E-state index < -0.39 is 10.8 Å². The van der Waals surface area contributed by atoms with E-state index in [1.807, 2.05) is 19.1 Å². The summed E-state index contributed by atoms with van der Waals surface area (Å²) in [7, 11) is 0. The summed E-state index contributed by atoms with van der Waals surface area (Å²) in [5.74, 6) is 0.387. The molecule has 2 aromatic carbocycles. The fourth-order valence-electron chi connectivity index (χ4n) is 2.55. The maximum atomic E-state index is 12.3. The number of aromatic nitrogens is 2. The largest absolute Gasteiger partial charge is 0.457 e. The summed E-state index contributed by atoms with van der Waals surface area (Å²) < 4.78 is 7.17. The van der Waals surface area contributed by atoms with E-state index in [-0.39, 0.29) is 23.7 Å². The summed E-state index contributed by atoms with van der Waals surface area (Å²) in [6, 6.07) is 11.4. The van der Waals surface area contributed by atoms with Gasteiger partial charge in [-0.05, 0) is 31.5 Å². The van der Waals surface area contributed by atoms with E-state index in [1.165, 1.54) is 29.1 Å². The fraction of sp³-hybridized carbons (Fsp3) is 0.158. The van der Waals surface area contributed by atoms with Crippen LogP contribution in [0.15, 0.2) is 48.7 Å². The van der Waals surface area contributed by atoms with Gasteiger partial charge in [0, 0.05) is 12.1 Å². The van der Waals surface area contributed by atoms with Gasteiger partial charge in [0.25, 0.3) is 5.69 Å². The standard InChI is InChI=1S/C19H17ClN4O4/c1-12-4-3-5-16(6-12)28-17-8-14(7-15(9-17)24(26)27)22-19(25)11-23-13(2)18(20)10-21-23/h3-10H,11H2,1-2H3,(H,22,25). The first kappa shape index (κ1) is 19.4. The highest BCUT2D eigenvalue weighted by Crippen LogP contribution is 2.30. The lowest BCUT2D eigenvalue weighted by Gasteiger charge is -2.10. The summed E-state index contributed by atoms with van der Waals surface area (Å²) in [5.41, 5.74) is 1.69. The van der Waals surface area contributed by atoms with Gasteiger partial charge in [0.1, 0.15) is 18.0 Å². The number of hydrogen-bond donors (Lipinski definition) is 1. The summed E-state index contributed by atoms with van der Waals surface area (Å²) in [5, 5.41) is 18.3. The Morgan fingerprint density at radius 1 is 1.25 bits per heavy atom. The molecule has 0 radical (unpaired) electrons. The van der Waals surface area contributed by atoms with Crippen LogP contribution in [-0.4, -0.2) is 20.6 Å². The molecule has 0 aliphatic rings. The minimum atomic E-state index is -0.545. The zero-order valence-corrected chi connectivity index (χ0v) is 15.9. The first-order valence-electron chi connectivity index (χ1n) is 8.33. The number of ether oxygens (including phenoxy) is 1. The molecule has 0 atom stereocenters. The number of non-ortho nitro benzene ring substituents is 1. The van der Waals surface area contributed by atoms with E-state index in [1.54, 1.807) is 19.1 Å². The molecule has 1 amide bonds. The van der Waals surface area contributed by atoms with Crippen molar-refractivity contribution >= 4 is 28.9 Å². The van der Waals surface area contributed by atoms with Gasteiger partial charge in [-0.3, -0.25) is 19.6 Å². The first-order chi connectivity index (χ1) is 13.3. The molecule has 1 heterocycles. The molecule has 3 rings (SSSR count). The topological polar surface area (TPSA) is 99.3 Å². The summed E-state index contributed by atoms with van der Waals surface area (Å²) in [6.45, 7) is 3.58. The molecule has 9 heteroatoms. The monoisotopic (exact) mass is 400 g/mol. The number of benzene rings is 2. The Labute approximate surface area is 165 Å². The van der Waals surface area contributed by atoms with Gasteiger partial charge < -0.3 is 10.1 Å². The zero-order valence-electron chi connectivity index (χ0n) is 15.2. The third-order valence-electron chi connectivity index (χ3n) is 3.95. The molecule has 0 fully saturated rings. The van der Waals surface area contributed by atoms with Gasteiger partial charge in [0.05, 0.1) is 33.6 Å². The number of nitrogens with one attached hydrogen (secondary N) is 1. The zero-order chi connectivity index (χ0) is 20.3. The molecule has 3 aromatic rings. The number of rotatable bonds is 6. The molecule has 28 heavy (non-hydrogen) atoms. The number of carbonyl (C=O) groups excluding carboxylic acids is 1. The number of anilines is 1. The van der Waals surface area contributed by atoms with Crippen LogP contribution in [0.1, 0.15) is 11.3 Å². The minimum Gasteiger partial charge on any atom is -0.457 e. The number of halogens is 1. The van der Waals surface area contributed by atoms with Crippen LogP contribution in [0.5, 0.6) is 11.5 Å². The van der Waals surface area contributed by atoms with Crippen molar-refractivity contribution in [1.29, 1.82) is 0 Å². The van der Waals surface area contributed by atoms with Crippen molar-refractivity contribution in [2.45, 2.75) is 20.4 Å². The van der Waals surface area contributed by atoms with E-state index in [9.17, 15) is 14.9 Å². The van der Waals surface area contributed by atoms with Gasteiger partial charge in [-0.15, -0.1) is 0 Å². The number of carbonyl (C=O) groups is 1. The van der Waals surface area contributed by atoms with E-state index in [2.05, 4.69) is 10.4 Å². The molecular weight excluding hydrogens is 384 g/mol. The van der Waals surface area contributed by atoms with Crippen LogP contribution in [0.2, 0.25) is 5.02 Å². The molecule has 0 bridgehead atoms. The number of nitro groups is 1. The first-order valence-corrected chi connectivity index (χ1v) is 8.71. The highest BCUT2D eigenvalue weighted by atomic mass is 35.5. The smallest absolute Gasteiger partial charge is 0.275 e. The van der Waals surface area contributed by atoms with E-state index in [0.29, 0.717) is 16.5 Å². The Kier molecular flexibility index (Phi) is 5.60. The lowest BCUT2D eigenvalue weighted by molar-refractivity contribution is -0.384. The Morgan fingerprint density at radius 3 is 2.68 bits per heavy atom. The third kappa shape index (κ3) is 4.66. The molecule has 0 aliphatic carbocycles. The number of nitro benzene ring substituents is 1. The molecule has 0 aliphatic heterocycles. The Bertz CT molecular complexity index is 1050. The lowest BCUT2D eigenvalue weighted by Crippen LogP contribution is -2.20. The summed E-state index contributed by atoms with van der Waals surface area (Å²) >= 11 is 5.93. The predicted octanol–water partition coefficient (Wildman–Crippen LogP) is 4.49. The number of hydrogen-bond acceptors (Lipinski definition) is 5. The van der Waals surface area contributed by atoms with Crippen LogP contribution in [0.25, 0.3) is 0 Å². The molecule has 0 saturated carbocycles. The van der Waals surface area contributed by atoms with E-state index in [4.69, 9.17) is 16.3 Å². The van der Waals surface area contributed by atoms with Crippen LogP contribution in [0, 0.1) is 24.0 Å². The molecule has 0 unspecified atom stereocenters. The molecular formula is C19H17ClN4O4. The fourth-order valence-corrected chi connectivity index (χ4v) is 2.70. The van der Waals surface area contributed by atoms with E-state index in [0.717, 1.165) is 5.56 Å². The van der Waals surface area contributed by atoms with Gasteiger partial charge in [-0.25, -0.2) is 0 Å². The van der Waals surface area contributed by atoms with Crippen LogP contribution in [-0.2, 0) is 11.3 Å². The second-order valence-electron chi connectivity index (χ2n) is 6.18. The SMILES string of the molecule is Cc1cccc(Oc2cc(NC(=O)Cn3ncc(Cl)c3C)cc([N+](=O)[O-])c2)c1. The molecule has 0 saturated heterocycles. The van der Waals surface area contributed by atoms with E-state index >= 15 is 0 Å². The van der Waals surface area contributed by atoms with Crippen LogP contribution in [0.3, 0.4) is 0 Å². The predicted molar refractivity (Wildman–Crippen MR) is 105 cm³/mol. The molecule has 8 nitrogen and oxygen atoms in total. The van der Waals surface area contributed by atoms with Gasteiger partial charge >= 0.3 is 0 Å². The van der Waals surface area contributed by atoms with Crippen molar-refractivity contribution < 1.29 is 14.5 Å². The van der Waals surface area contributed by atoms with Crippen molar-refractivity contribution in [3.8, 4) is 11.5 Å². The average Bonchev–Trinajstić information content (AvgIpc) is 2.93. The summed E-state index contributed by atoms with van der Waals surface area (Å²) in [4.78, 5) is 23.0. The van der Waals surface area contributed by atoms with Gasteiger partial charge in [0.2, 0.25) is 5.91 Å². The Morgan fingerprint density at radius 2 is 2.04 bits per heavy atom. The number of amides is 1. The van der Waals surface area contributed by atoms with Crippen molar-refractivity contribution in [2.75, 3.05) is 5.32 Å². The van der Waals surface area contributed by atoms with Crippen molar-refractivity contribution in [3.63, 3.8) is 0 Å². The lowest BCUT2D eigenvalue weighted by atomic mass is 10.2. The minimum absolute atomic E-state index is 0.0741. The van der Waals surface area contributed by atoms with Crippen LogP contribution >= 0.6 is 11.6 Å². The highest BCUT2D eigenvalue weighted by molar-refractivity contribution is 6.31. The quantitative estimate of drug-likeness (QED) is 0.485. The van der Waals surface area contributed by atoms with Crippen molar-refractivity contribution in [3.05, 3.63) is 75.1 Å². The second kappa shape index (κ2) is 8.10. The Balaban J connectivity index is 1.81. The maximum absolute atomic E-state index is 12.3. The van der Waals surface area contributed by atoms with Crippen molar-refractivity contribution in [2.24, 2.45) is 0 Å². The third-order valence-corrected chi connectivity index (χ3v) is 4.32. The number of aryl methyl sites for hydroxylation is 1. The Hall–Kier alpha value is -3.39. The van der Waals surface area contributed by atoms with Crippen molar-refractivity contribution in [1.82, 2.24) is 9.78 Å². The highest BCUT2D eigenvalue weighted by Gasteiger charge is 2.14. The van der Waals surface area contributed by atoms with Crippen LogP contribution < -0.4 is 10.1 Å². The maximum Gasteiger partial charge on any atom is 0.275 e.